The lowest BCUT2D eigenvalue weighted by atomic mass is 10.1. The van der Waals surface area contributed by atoms with Crippen molar-refractivity contribution in [1.82, 2.24) is 10.6 Å². The number of carbonyl (C=O) groups excluding carboxylic acids is 3. The molecule has 0 saturated heterocycles. The molecule has 2 aromatic rings. The highest BCUT2D eigenvalue weighted by molar-refractivity contribution is 6.02. The number of imide groups is 1. The van der Waals surface area contributed by atoms with Gasteiger partial charge in [0.05, 0.1) is 0 Å². The lowest BCUT2D eigenvalue weighted by molar-refractivity contribution is -0.123. The lowest BCUT2D eigenvalue weighted by Crippen LogP contribution is -2.41. The highest BCUT2D eigenvalue weighted by atomic mass is 16.5. The van der Waals surface area contributed by atoms with Gasteiger partial charge in [-0.1, -0.05) is 30.3 Å². The maximum atomic E-state index is 12.0. The van der Waals surface area contributed by atoms with E-state index in [1.54, 1.807) is 31.2 Å². The van der Waals surface area contributed by atoms with Gasteiger partial charge >= 0.3 is 12.0 Å². The van der Waals surface area contributed by atoms with Crippen LogP contribution in [0.3, 0.4) is 0 Å². The van der Waals surface area contributed by atoms with E-state index in [1.807, 2.05) is 11.4 Å². The van der Waals surface area contributed by atoms with Gasteiger partial charge in [-0.25, -0.2) is 9.59 Å². The first-order chi connectivity index (χ1) is 11.0. The summed E-state index contributed by atoms with van der Waals surface area (Å²) >= 11 is 0. The first kappa shape index (κ1) is 16.3. The number of rotatable bonds is 4. The van der Waals surface area contributed by atoms with E-state index >= 15 is 0 Å². The average Bonchev–Trinajstić information content (AvgIpc) is 2.53. The molecule has 120 valence electrons. The fourth-order valence-electron chi connectivity index (χ4n) is 2.00. The Balaban J connectivity index is 2.02. The molecule has 0 saturated carbocycles. The number of hydrogen-bond donors (Lipinski definition) is 3. The molecule has 3 amide bonds. The second kappa shape index (κ2) is 7.26. The van der Waals surface area contributed by atoms with Crippen LogP contribution in [0.15, 0.2) is 36.4 Å². The second-order valence-electron chi connectivity index (χ2n) is 4.67. The summed E-state index contributed by atoms with van der Waals surface area (Å²) in [7, 11) is 0. The Morgan fingerprint density at radius 2 is 1.87 bits per heavy atom. The van der Waals surface area contributed by atoms with Crippen LogP contribution in [0.5, 0.6) is 5.75 Å². The van der Waals surface area contributed by atoms with Crippen LogP contribution in [-0.2, 0) is 9.53 Å². The molecule has 0 aliphatic rings. The summed E-state index contributed by atoms with van der Waals surface area (Å²) in [5, 5.41) is 15.8. The van der Waals surface area contributed by atoms with Crippen LogP contribution in [0.25, 0.3) is 10.8 Å². The number of benzene rings is 2. The first-order valence-electron chi connectivity index (χ1n) is 6.98. The Kier molecular flexibility index (Phi) is 5.14. The van der Waals surface area contributed by atoms with Gasteiger partial charge in [0, 0.05) is 11.9 Å². The van der Waals surface area contributed by atoms with Crippen molar-refractivity contribution in [2.24, 2.45) is 0 Å². The molecule has 23 heavy (non-hydrogen) atoms. The molecule has 2 aromatic carbocycles. The Morgan fingerprint density at radius 3 is 2.61 bits per heavy atom. The van der Waals surface area contributed by atoms with E-state index in [9.17, 15) is 19.5 Å². The maximum Gasteiger partial charge on any atom is 0.342 e. The Bertz CT molecular complexity index is 757. The first-order valence-corrected chi connectivity index (χ1v) is 6.98. The summed E-state index contributed by atoms with van der Waals surface area (Å²) in [6, 6.07) is 9.43. The Morgan fingerprint density at radius 1 is 1.13 bits per heavy atom. The summed E-state index contributed by atoms with van der Waals surface area (Å²) in [5.74, 6) is -1.82. The number of urea groups is 1. The average molecular weight is 316 g/mol. The number of aromatic hydroxyl groups is 1. The standard InChI is InChI=1S/C16H16N2O5/c1-2-17-16(22)18-13(19)9-23-15(21)12-8-7-10-5-3-4-6-11(10)14(12)20/h3-8,20H,2,9H2,1H3,(H2,17,18,19,22). The quantitative estimate of drug-likeness (QED) is 0.742. The molecule has 3 N–H and O–H groups in total. The SMILES string of the molecule is CCNC(=O)NC(=O)COC(=O)c1ccc2ccccc2c1O. The molecule has 7 heteroatoms. The van der Waals surface area contributed by atoms with Crippen LogP contribution >= 0.6 is 0 Å². The molecule has 0 spiro atoms. The van der Waals surface area contributed by atoms with Gasteiger partial charge in [-0.2, -0.15) is 0 Å². The zero-order chi connectivity index (χ0) is 16.8. The molecule has 2 rings (SSSR count). The van der Waals surface area contributed by atoms with Crippen molar-refractivity contribution < 1.29 is 24.2 Å². The molecule has 0 atom stereocenters. The predicted octanol–water partition coefficient (Wildman–Crippen LogP) is 1.55. The highest BCUT2D eigenvalue weighted by Gasteiger charge is 2.17. The van der Waals surface area contributed by atoms with Crippen LogP contribution in [0.4, 0.5) is 4.79 Å². The molecule has 0 aliphatic carbocycles. The van der Waals surface area contributed by atoms with E-state index in [1.165, 1.54) is 6.07 Å². The minimum absolute atomic E-state index is 0.0468. The molecule has 0 aliphatic heterocycles. The molecule has 0 aromatic heterocycles. The lowest BCUT2D eigenvalue weighted by Gasteiger charge is -2.09. The second-order valence-corrected chi connectivity index (χ2v) is 4.67. The Labute approximate surface area is 132 Å². The fourth-order valence-corrected chi connectivity index (χ4v) is 2.00. The molecule has 7 nitrogen and oxygen atoms in total. The number of phenolic OH excluding ortho intramolecular Hbond substituents is 1. The van der Waals surface area contributed by atoms with Crippen molar-refractivity contribution in [3.8, 4) is 5.75 Å². The molecule has 0 heterocycles. The zero-order valence-electron chi connectivity index (χ0n) is 12.5. The molecular weight excluding hydrogens is 300 g/mol. The fraction of sp³-hybridized carbons (Fsp3) is 0.188. The van der Waals surface area contributed by atoms with Gasteiger partial charge in [-0.05, 0) is 18.4 Å². The van der Waals surface area contributed by atoms with Crippen LogP contribution in [0, 0.1) is 0 Å². The summed E-state index contributed by atoms with van der Waals surface area (Å²) in [6.07, 6.45) is 0. The minimum Gasteiger partial charge on any atom is -0.506 e. The number of fused-ring (bicyclic) bond motifs is 1. The third-order valence-corrected chi connectivity index (χ3v) is 3.05. The highest BCUT2D eigenvalue weighted by Crippen LogP contribution is 2.28. The van der Waals surface area contributed by atoms with Crippen LogP contribution in [0.2, 0.25) is 0 Å². The summed E-state index contributed by atoms with van der Waals surface area (Å²) in [6.45, 7) is 1.44. The largest absolute Gasteiger partial charge is 0.506 e. The molecule has 0 fully saturated rings. The molecule has 0 unspecified atom stereocenters. The van der Waals surface area contributed by atoms with E-state index in [0.29, 0.717) is 11.9 Å². The third-order valence-electron chi connectivity index (χ3n) is 3.05. The number of esters is 1. The van der Waals surface area contributed by atoms with Crippen molar-refractivity contribution >= 4 is 28.7 Å². The van der Waals surface area contributed by atoms with Crippen molar-refractivity contribution in [2.75, 3.05) is 13.2 Å². The summed E-state index contributed by atoms with van der Waals surface area (Å²) in [5.41, 5.74) is -0.0468. The maximum absolute atomic E-state index is 12.0. The van der Waals surface area contributed by atoms with Gasteiger partial charge in [0.2, 0.25) is 0 Å². The normalized spacial score (nSPS) is 10.1. The van der Waals surface area contributed by atoms with Gasteiger partial charge in [0.1, 0.15) is 11.3 Å². The van der Waals surface area contributed by atoms with Crippen molar-refractivity contribution in [2.45, 2.75) is 6.92 Å². The monoisotopic (exact) mass is 316 g/mol. The predicted molar refractivity (Wildman–Crippen MR) is 83.1 cm³/mol. The van der Waals surface area contributed by atoms with Gasteiger partial charge in [-0.3, -0.25) is 10.1 Å². The van der Waals surface area contributed by atoms with E-state index in [2.05, 4.69) is 5.32 Å². The minimum atomic E-state index is -0.848. The van der Waals surface area contributed by atoms with E-state index in [4.69, 9.17) is 4.74 Å². The number of hydrogen-bond acceptors (Lipinski definition) is 5. The molecule has 0 radical (unpaired) electrons. The smallest absolute Gasteiger partial charge is 0.342 e. The molecule has 0 bridgehead atoms. The number of nitrogens with one attached hydrogen (secondary N) is 2. The summed E-state index contributed by atoms with van der Waals surface area (Å²) in [4.78, 5) is 34.6. The molecular formula is C16H16N2O5. The third kappa shape index (κ3) is 3.97. The zero-order valence-corrected chi connectivity index (χ0v) is 12.5. The van der Waals surface area contributed by atoms with E-state index in [0.717, 1.165) is 5.39 Å². The van der Waals surface area contributed by atoms with Gasteiger partial charge in [0.15, 0.2) is 6.61 Å². The van der Waals surface area contributed by atoms with E-state index < -0.39 is 24.5 Å². The van der Waals surface area contributed by atoms with Crippen molar-refractivity contribution in [1.29, 1.82) is 0 Å². The number of phenols is 1. The van der Waals surface area contributed by atoms with Gasteiger partial charge < -0.3 is 15.2 Å². The number of carbonyl (C=O) groups is 3. The number of ether oxygens (including phenoxy) is 1. The topological polar surface area (TPSA) is 105 Å². The number of amides is 3. The van der Waals surface area contributed by atoms with Gasteiger partial charge in [0.25, 0.3) is 5.91 Å². The van der Waals surface area contributed by atoms with Crippen LogP contribution in [0.1, 0.15) is 17.3 Å². The Hall–Kier alpha value is -3.09. The van der Waals surface area contributed by atoms with Crippen LogP contribution in [-0.4, -0.2) is 36.2 Å². The van der Waals surface area contributed by atoms with Crippen molar-refractivity contribution in [3.05, 3.63) is 42.0 Å². The van der Waals surface area contributed by atoms with Gasteiger partial charge in [-0.15, -0.1) is 0 Å². The van der Waals surface area contributed by atoms with Crippen molar-refractivity contribution in [3.63, 3.8) is 0 Å². The van der Waals surface area contributed by atoms with E-state index in [-0.39, 0.29) is 11.3 Å². The van der Waals surface area contributed by atoms with Crippen LogP contribution < -0.4 is 10.6 Å². The summed E-state index contributed by atoms with van der Waals surface area (Å²) < 4.78 is 4.81.